The molecule has 7 nitrogen and oxygen atoms in total. The zero-order valence-electron chi connectivity index (χ0n) is 11.5. The van der Waals surface area contributed by atoms with Crippen LogP contribution in [-0.2, 0) is 17.8 Å². The number of aliphatic carboxylic acids is 1. The number of aromatic nitrogens is 2. The van der Waals surface area contributed by atoms with E-state index in [9.17, 15) is 9.59 Å². The minimum absolute atomic E-state index is 0.0748. The fourth-order valence-corrected chi connectivity index (χ4v) is 1.86. The Morgan fingerprint density at radius 1 is 1.38 bits per heavy atom. The van der Waals surface area contributed by atoms with Gasteiger partial charge in [-0.2, -0.15) is 5.10 Å². The maximum absolute atomic E-state index is 12.0. The third kappa shape index (κ3) is 4.34. The van der Waals surface area contributed by atoms with Crippen molar-refractivity contribution in [1.29, 1.82) is 0 Å². The fraction of sp³-hybridized carbons (Fsp3) is 0.214. The summed E-state index contributed by atoms with van der Waals surface area (Å²) in [5.41, 5.74) is 2.10. The molecule has 1 heterocycles. The molecular formula is C14H16N4O3. The Kier molecular flexibility index (Phi) is 4.55. The Bertz CT molecular complexity index is 625. The van der Waals surface area contributed by atoms with Gasteiger partial charge in [0.05, 0.1) is 19.2 Å². The van der Waals surface area contributed by atoms with Crippen LogP contribution >= 0.6 is 0 Å². The summed E-state index contributed by atoms with van der Waals surface area (Å²) in [6.07, 6.45) is 3.29. The van der Waals surface area contributed by atoms with Crippen molar-refractivity contribution in [3.05, 3.63) is 47.8 Å². The largest absolute Gasteiger partial charge is 0.481 e. The van der Waals surface area contributed by atoms with Crippen LogP contribution in [-0.4, -0.2) is 39.3 Å². The molecule has 0 unspecified atom stereocenters. The van der Waals surface area contributed by atoms with Crippen molar-refractivity contribution in [1.82, 2.24) is 15.1 Å². The highest BCUT2D eigenvalue weighted by Gasteiger charge is 2.10. The third-order valence-electron chi connectivity index (χ3n) is 2.85. The molecule has 7 heteroatoms. The number of benzene rings is 1. The molecule has 1 aromatic heterocycles. The number of urea groups is 1. The Hall–Kier alpha value is -2.83. The summed E-state index contributed by atoms with van der Waals surface area (Å²) in [6.45, 7) is 0.428. The molecule has 0 fully saturated rings. The zero-order chi connectivity index (χ0) is 15.2. The van der Waals surface area contributed by atoms with Crippen molar-refractivity contribution >= 4 is 17.7 Å². The van der Waals surface area contributed by atoms with Crippen molar-refractivity contribution in [3.63, 3.8) is 0 Å². The Balaban J connectivity index is 1.97. The number of nitrogens with one attached hydrogen (secondary N) is 2. The van der Waals surface area contributed by atoms with Crippen molar-refractivity contribution < 1.29 is 14.7 Å². The van der Waals surface area contributed by atoms with Crippen LogP contribution in [0.4, 0.5) is 10.5 Å². The zero-order valence-corrected chi connectivity index (χ0v) is 11.5. The van der Waals surface area contributed by atoms with E-state index >= 15 is 0 Å². The SMILES string of the molecule is CN(Cc1cn[nH]c1)C(=O)Nc1cccc(CC(=O)O)c1. The second-order valence-corrected chi connectivity index (χ2v) is 4.66. The van der Waals surface area contributed by atoms with Gasteiger partial charge < -0.3 is 15.3 Å². The molecule has 0 saturated heterocycles. The molecule has 2 aromatic rings. The lowest BCUT2D eigenvalue weighted by molar-refractivity contribution is -0.136. The maximum Gasteiger partial charge on any atom is 0.321 e. The lowest BCUT2D eigenvalue weighted by Gasteiger charge is -2.17. The molecule has 3 N–H and O–H groups in total. The standard InChI is InChI=1S/C14H16N4O3/c1-18(9-11-7-15-16-8-11)14(21)17-12-4-2-3-10(5-12)6-13(19)20/h2-5,7-8H,6,9H2,1H3,(H,15,16)(H,17,21)(H,19,20). The average molecular weight is 288 g/mol. The first-order valence-corrected chi connectivity index (χ1v) is 6.35. The predicted molar refractivity (Wildman–Crippen MR) is 76.9 cm³/mol. The van der Waals surface area contributed by atoms with Crippen LogP contribution in [0.15, 0.2) is 36.7 Å². The molecule has 0 aliphatic carbocycles. The molecule has 0 spiro atoms. The molecule has 110 valence electrons. The first-order valence-electron chi connectivity index (χ1n) is 6.35. The number of amides is 2. The molecule has 0 aliphatic rings. The Morgan fingerprint density at radius 2 is 2.19 bits per heavy atom. The number of carboxylic acids is 1. The highest BCUT2D eigenvalue weighted by atomic mass is 16.4. The lowest BCUT2D eigenvalue weighted by atomic mass is 10.1. The Morgan fingerprint density at radius 3 is 2.86 bits per heavy atom. The van der Waals surface area contributed by atoms with Gasteiger partial charge in [-0.25, -0.2) is 4.79 Å². The summed E-state index contributed by atoms with van der Waals surface area (Å²) in [5, 5.41) is 18.0. The fourth-order valence-electron chi connectivity index (χ4n) is 1.86. The smallest absolute Gasteiger partial charge is 0.321 e. The van der Waals surface area contributed by atoms with Gasteiger partial charge in [-0.3, -0.25) is 9.89 Å². The van der Waals surface area contributed by atoms with E-state index < -0.39 is 5.97 Å². The summed E-state index contributed by atoms with van der Waals surface area (Å²) < 4.78 is 0. The predicted octanol–water partition coefficient (Wildman–Crippen LogP) is 1.70. The van der Waals surface area contributed by atoms with Crippen LogP contribution in [0.25, 0.3) is 0 Å². The van der Waals surface area contributed by atoms with Gasteiger partial charge in [0.1, 0.15) is 0 Å². The number of H-pyrrole nitrogens is 1. The molecular weight excluding hydrogens is 272 g/mol. The van der Waals surface area contributed by atoms with E-state index in [1.54, 1.807) is 43.7 Å². The topological polar surface area (TPSA) is 98.3 Å². The number of hydrogen-bond acceptors (Lipinski definition) is 3. The maximum atomic E-state index is 12.0. The number of aromatic amines is 1. The van der Waals surface area contributed by atoms with Crippen LogP contribution in [0, 0.1) is 0 Å². The van der Waals surface area contributed by atoms with Gasteiger partial charge >= 0.3 is 12.0 Å². The lowest BCUT2D eigenvalue weighted by Crippen LogP contribution is -2.30. The van der Waals surface area contributed by atoms with Crippen LogP contribution in [0.1, 0.15) is 11.1 Å². The molecule has 0 atom stereocenters. The molecule has 2 amide bonds. The van der Waals surface area contributed by atoms with Crippen molar-refractivity contribution in [2.45, 2.75) is 13.0 Å². The van der Waals surface area contributed by atoms with Gasteiger partial charge in [-0.1, -0.05) is 12.1 Å². The molecule has 2 rings (SSSR count). The summed E-state index contributed by atoms with van der Waals surface area (Å²) in [6, 6.07) is 6.51. The summed E-state index contributed by atoms with van der Waals surface area (Å²) in [5.74, 6) is -0.907. The average Bonchev–Trinajstić information content (AvgIpc) is 2.91. The number of anilines is 1. The van der Waals surface area contributed by atoms with E-state index in [1.165, 1.54) is 4.90 Å². The van der Waals surface area contributed by atoms with Crippen LogP contribution in [0.5, 0.6) is 0 Å². The molecule has 0 bridgehead atoms. The quantitative estimate of drug-likeness (QED) is 0.779. The first kappa shape index (κ1) is 14.6. The van der Waals surface area contributed by atoms with E-state index in [0.29, 0.717) is 17.8 Å². The van der Waals surface area contributed by atoms with Gasteiger partial charge in [0.15, 0.2) is 0 Å². The van der Waals surface area contributed by atoms with Gasteiger partial charge in [-0.15, -0.1) is 0 Å². The van der Waals surface area contributed by atoms with Crippen LogP contribution in [0.2, 0.25) is 0 Å². The summed E-state index contributed by atoms with van der Waals surface area (Å²) >= 11 is 0. The number of rotatable bonds is 5. The van der Waals surface area contributed by atoms with E-state index in [2.05, 4.69) is 15.5 Å². The summed E-state index contributed by atoms with van der Waals surface area (Å²) in [7, 11) is 1.67. The van der Waals surface area contributed by atoms with Gasteiger partial charge in [0.25, 0.3) is 0 Å². The monoisotopic (exact) mass is 288 g/mol. The minimum atomic E-state index is -0.907. The third-order valence-corrected chi connectivity index (χ3v) is 2.85. The second-order valence-electron chi connectivity index (χ2n) is 4.66. The number of carbonyl (C=O) groups is 2. The highest BCUT2D eigenvalue weighted by molar-refractivity contribution is 5.89. The molecule has 0 aliphatic heterocycles. The first-order chi connectivity index (χ1) is 10.0. The normalized spacial score (nSPS) is 10.1. The van der Waals surface area contributed by atoms with Crippen LogP contribution in [0.3, 0.4) is 0 Å². The van der Waals surface area contributed by atoms with Gasteiger partial charge in [0, 0.05) is 24.5 Å². The number of nitrogens with zero attached hydrogens (tertiary/aromatic N) is 2. The van der Waals surface area contributed by atoms with Crippen molar-refractivity contribution in [2.75, 3.05) is 12.4 Å². The van der Waals surface area contributed by atoms with E-state index in [-0.39, 0.29) is 12.5 Å². The van der Waals surface area contributed by atoms with Gasteiger partial charge in [0.2, 0.25) is 0 Å². The number of carbonyl (C=O) groups excluding carboxylic acids is 1. The highest BCUT2D eigenvalue weighted by Crippen LogP contribution is 2.12. The van der Waals surface area contributed by atoms with E-state index in [0.717, 1.165) is 5.56 Å². The van der Waals surface area contributed by atoms with E-state index in [4.69, 9.17) is 5.11 Å². The molecule has 0 radical (unpaired) electrons. The number of hydrogen-bond donors (Lipinski definition) is 3. The second kappa shape index (κ2) is 6.56. The molecule has 1 aromatic carbocycles. The van der Waals surface area contributed by atoms with Crippen LogP contribution < -0.4 is 5.32 Å². The van der Waals surface area contributed by atoms with Gasteiger partial charge in [-0.05, 0) is 17.7 Å². The minimum Gasteiger partial charge on any atom is -0.481 e. The van der Waals surface area contributed by atoms with E-state index in [1.807, 2.05) is 0 Å². The van der Waals surface area contributed by atoms with Crippen molar-refractivity contribution in [2.24, 2.45) is 0 Å². The van der Waals surface area contributed by atoms with Crippen molar-refractivity contribution in [3.8, 4) is 0 Å². The molecule has 0 saturated carbocycles. The summed E-state index contributed by atoms with van der Waals surface area (Å²) in [4.78, 5) is 24.2. The number of carboxylic acid groups (broad SMARTS) is 1. The molecule has 21 heavy (non-hydrogen) atoms. The Labute approximate surface area is 121 Å².